The maximum atomic E-state index is 11.4. The minimum atomic E-state index is -1.12. The van der Waals surface area contributed by atoms with Gasteiger partial charge in [0.1, 0.15) is 5.60 Å². The number of allylic oxidation sites excluding steroid dienone is 4. The van der Waals surface area contributed by atoms with Crippen LogP contribution in [0.25, 0.3) is 0 Å². The Kier molecular flexibility index (Phi) is 4.70. The molecule has 3 nitrogen and oxygen atoms in total. The molecular formula is C14H21NO2. The van der Waals surface area contributed by atoms with Crippen molar-refractivity contribution in [3.8, 4) is 0 Å². The summed E-state index contributed by atoms with van der Waals surface area (Å²) >= 11 is 0. The Morgan fingerprint density at radius 2 is 2.29 bits per heavy atom. The van der Waals surface area contributed by atoms with Gasteiger partial charge < -0.3 is 10.4 Å². The molecule has 0 fully saturated rings. The Morgan fingerprint density at radius 3 is 2.88 bits per heavy atom. The van der Waals surface area contributed by atoms with Gasteiger partial charge in [-0.1, -0.05) is 25.2 Å². The summed E-state index contributed by atoms with van der Waals surface area (Å²) in [6.45, 7) is 5.66. The van der Waals surface area contributed by atoms with Gasteiger partial charge >= 0.3 is 0 Å². The lowest BCUT2D eigenvalue weighted by atomic mass is 9.95. The van der Waals surface area contributed by atoms with E-state index in [2.05, 4.69) is 5.32 Å². The topological polar surface area (TPSA) is 49.3 Å². The molecule has 3 heteroatoms. The summed E-state index contributed by atoms with van der Waals surface area (Å²) in [5.74, 6) is 0.0593. The van der Waals surface area contributed by atoms with Gasteiger partial charge in [0.15, 0.2) is 5.78 Å². The summed E-state index contributed by atoms with van der Waals surface area (Å²) in [5.41, 5.74) is -0.551. The van der Waals surface area contributed by atoms with Crippen LogP contribution in [-0.4, -0.2) is 22.5 Å². The molecule has 1 rings (SSSR count). The van der Waals surface area contributed by atoms with Crippen molar-refractivity contribution in [3.63, 3.8) is 0 Å². The third-order valence-corrected chi connectivity index (χ3v) is 2.66. The first kappa shape index (κ1) is 13.7. The van der Waals surface area contributed by atoms with Gasteiger partial charge in [-0.15, -0.1) is 0 Å². The Balaban J connectivity index is 2.79. The summed E-state index contributed by atoms with van der Waals surface area (Å²) in [7, 11) is 0. The van der Waals surface area contributed by atoms with Crippen LogP contribution in [0.15, 0.2) is 36.1 Å². The van der Waals surface area contributed by atoms with Gasteiger partial charge in [0.05, 0.1) is 5.70 Å². The van der Waals surface area contributed by atoms with E-state index in [-0.39, 0.29) is 11.8 Å². The fourth-order valence-corrected chi connectivity index (χ4v) is 1.72. The zero-order chi connectivity index (χ0) is 12.9. The Labute approximate surface area is 103 Å². The van der Waals surface area contributed by atoms with Crippen LogP contribution in [0, 0.1) is 0 Å². The molecule has 17 heavy (non-hydrogen) atoms. The largest absolute Gasteiger partial charge is 0.383 e. The molecule has 0 aromatic heterocycles. The maximum absolute atomic E-state index is 11.4. The SMILES string of the molecule is CC/C=C/C=C/C(C)(O)C1=CC(=O)CC(C)N1. The van der Waals surface area contributed by atoms with E-state index in [0.717, 1.165) is 6.42 Å². The van der Waals surface area contributed by atoms with E-state index in [1.165, 1.54) is 6.08 Å². The normalized spacial score (nSPS) is 24.8. The number of hydrogen-bond acceptors (Lipinski definition) is 3. The molecule has 1 aliphatic heterocycles. The zero-order valence-corrected chi connectivity index (χ0v) is 10.7. The van der Waals surface area contributed by atoms with Crippen molar-refractivity contribution >= 4 is 5.78 Å². The highest BCUT2D eigenvalue weighted by molar-refractivity contribution is 5.92. The molecule has 1 aliphatic rings. The van der Waals surface area contributed by atoms with Crippen LogP contribution in [0.3, 0.4) is 0 Å². The lowest BCUT2D eigenvalue weighted by Gasteiger charge is -2.30. The van der Waals surface area contributed by atoms with E-state index < -0.39 is 5.60 Å². The third-order valence-electron chi connectivity index (χ3n) is 2.66. The van der Waals surface area contributed by atoms with Gasteiger partial charge in [-0.25, -0.2) is 0 Å². The van der Waals surface area contributed by atoms with Crippen molar-refractivity contribution in [1.29, 1.82) is 0 Å². The van der Waals surface area contributed by atoms with Gasteiger partial charge in [0.25, 0.3) is 0 Å². The minimum Gasteiger partial charge on any atom is -0.383 e. The molecule has 0 amide bonds. The first-order chi connectivity index (χ1) is 7.95. The number of nitrogens with one attached hydrogen (secondary N) is 1. The fraction of sp³-hybridized carbons (Fsp3) is 0.500. The van der Waals surface area contributed by atoms with Crippen LogP contribution in [0.1, 0.15) is 33.6 Å². The highest BCUT2D eigenvalue weighted by Gasteiger charge is 2.27. The molecule has 2 N–H and O–H groups in total. The lowest BCUT2D eigenvalue weighted by molar-refractivity contribution is -0.115. The van der Waals surface area contributed by atoms with Crippen molar-refractivity contribution in [3.05, 3.63) is 36.1 Å². The van der Waals surface area contributed by atoms with E-state index in [4.69, 9.17) is 0 Å². The molecule has 94 valence electrons. The monoisotopic (exact) mass is 235 g/mol. The zero-order valence-electron chi connectivity index (χ0n) is 10.7. The van der Waals surface area contributed by atoms with E-state index in [1.54, 1.807) is 19.1 Å². The molecule has 0 aromatic carbocycles. The van der Waals surface area contributed by atoms with Gasteiger partial charge in [0.2, 0.25) is 0 Å². The van der Waals surface area contributed by atoms with Crippen molar-refractivity contribution in [2.24, 2.45) is 0 Å². The van der Waals surface area contributed by atoms with Crippen LogP contribution in [0.2, 0.25) is 0 Å². The maximum Gasteiger partial charge on any atom is 0.159 e. The quantitative estimate of drug-likeness (QED) is 0.734. The summed E-state index contributed by atoms with van der Waals surface area (Å²) in [6.07, 6.45) is 10.3. The predicted octanol–water partition coefficient (Wildman–Crippen LogP) is 2.09. The van der Waals surface area contributed by atoms with E-state index >= 15 is 0 Å². The van der Waals surface area contributed by atoms with Crippen molar-refractivity contribution < 1.29 is 9.90 Å². The number of hydrogen-bond donors (Lipinski definition) is 2. The first-order valence-corrected chi connectivity index (χ1v) is 6.04. The van der Waals surface area contributed by atoms with E-state index in [1.807, 2.05) is 26.0 Å². The van der Waals surface area contributed by atoms with Crippen LogP contribution >= 0.6 is 0 Å². The molecule has 0 radical (unpaired) electrons. The molecule has 0 saturated heterocycles. The molecule has 0 aromatic rings. The average Bonchev–Trinajstić information content (AvgIpc) is 2.23. The smallest absolute Gasteiger partial charge is 0.159 e. The number of carbonyl (C=O) groups excluding carboxylic acids is 1. The van der Waals surface area contributed by atoms with Crippen LogP contribution in [0.4, 0.5) is 0 Å². The van der Waals surface area contributed by atoms with E-state index in [0.29, 0.717) is 12.1 Å². The summed E-state index contributed by atoms with van der Waals surface area (Å²) in [4.78, 5) is 11.4. The Bertz CT molecular complexity index is 364. The number of ketones is 1. The van der Waals surface area contributed by atoms with Gasteiger partial charge in [0, 0.05) is 18.5 Å². The third kappa shape index (κ3) is 4.19. The second-order valence-electron chi connectivity index (χ2n) is 4.62. The van der Waals surface area contributed by atoms with Gasteiger partial charge in [-0.05, 0) is 26.3 Å². The summed E-state index contributed by atoms with van der Waals surface area (Å²) in [5, 5.41) is 13.4. The van der Waals surface area contributed by atoms with Crippen molar-refractivity contribution in [2.75, 3.05) is 0 Å². The van der Waals surface area contributed by atoms with Crippen LogP contribution in [-0.2, 0) is 4.79 Å². The molecule has 0 saturated carbocycles. The molecule has 0 bridgehead atoms. The minimum absolute atomic E-state index is 0.0593. The molecule has 0 aliphatic carbocycles. The number of rotatable bonds is 4. The Hall–Kier alpha value is -1.35. The molecule has 0 spiro atoms. The highest BCUT2D eigenvalue weighted by Crippen LogP contribution is 2.20. The number of carbonyl (C=O) groups is 1. The van der Waals surface area contributed by atoms with Crippen LogP contribution < -0.4 is 5.32 Å². The second kappa shape index (κ2) is 5.82. The molecular weight excluding hydrogens is 214 g/mol. The van der Waals surface area contributed by atoms with Crippen molar-refractivity contribution in [2.45, 2.75) is 45.3 Å². The second-order valence-corrected chi connectivity index (χ2v) is 4.62. The van der Waals surface area contributed by atoms with E-state index in [9.17, 15) is 9.90 Å². The average molecular weight is 235 g/mol. The Morgan fingerprint density at radius 1 is 1.59 bits per heavy atom. The van der Waals surface area contributed by atoms with Crippen molar-refractivity contribution in [1.82, 2.24) is 5.32 Å². The first-order valence-electron chi connectivity index (χ1n) is 6.04. The number of aliphatic hydroxyl groups is 1. The van der Waals surface area contributed by atoms with Crippen LogP contribution in [0.5, 0.6) is 0 Å². The predicted molar refractivity (Wildman–Crippen MR) is 69.5 cm³/mol. The molecule has 1 heterocycles. The fourth-order valence-electron chi connectivity index (χ4n) is 1.72. The summed E-state index contributed by atoms with van der Waals surface area (Å²) < 4.78 is 0. The summed E-state index contributed by atoms with van der Waals surface area (Å²) in [6, 6.07) is 0.0774. The lowest BCUT2D eigenvalue weighted by Crippen LogP contribution is -2.42. The van der Waals surface area contributed by atoms with Gasteiger partial charge in [-0.3, -0.25) is 4.79 Å². The standard InChI is InChI=1S/C14H21NO2/c1-4-5-6-7-8-14(3,17)13-10-12(16)9-11(2)15-13/h5-8,10-11,15,17H,4,9H2,1-3H3/b6-5+,8-7+. The molecule has 2 atom stereocenters. The van der Waals surface area contributed by atoms with Gasteiger partial charge in [-0.2, -0.15) is 0 Å². The highest BCUT2D eigenvalue weighted by atomic mass is 16.3. The molecule has 2 unspecified atom stereocenters.